The molecule has 4 N–H and O–H groups in total. The van der Waals surface area contributed by atoms with Crippen LogP contribution in [0.4, 0.5) is 0 Å². The first kappa shape index (κ1) is 38.6. The number of carbonyl (C=O) groups is 2. The molecule has 12 heteroatoms. The standard InChI is InChI=1S/C36H56O12/c1-10-35(6,7)45-17-26-30(41)33(46-21(5)38)31(42)34(47-26)48-32-28-24(18(2)15-44-20(4)37)13-27(39)36(28,8)14-25-22(16-43-9)11-12-23(25)19(3)29(32)40/h10,14,18-19,22-23,26-27,29-34,39-42H,1,11-13,15-17H2,2-9H3/b25-14-/t18-,19-,22+,23-,26+,27-,29+,30+,31+,32+,33-,34-,36+/m1/s1. The largest absolute Gasteiger partial charge is 0.465 e. The summed E-state index contributed by atoms with van der Waals surface area (Å²) in [7, 11) is 1.66. The van der Waals surface area contributed by atoms with Crippen LogP contribution in [0.1, 0.15) is 67.7 Å². The molecule has 0 unspecified atom stereocenters. The van der Waals surface area contributed by atoms with Crippen LogP contribution in [-0.2, 0) is 38.0 Å². The Morgan fingerprint density at radius 3 is 2.40 bits per heavy atom. The van der Waals surface area contributed by atoms with E-state index in [-0.39, 0.29) is 43.3 Å². The lowest BCUT2D eigenvalue weighted by atomic mass is 9.68. The summed E-state index contributed by atoms with van der Waals surface area (Å²) in [6, 6.07) is 0. The van der Waals surface area contributed by atoms with Gasteiger partial charge in [-0.2, -0.15) is 0 Å². The topological polar surface area (TPSA) is 170 Å². The zero-order chi connectivity index (χ0) is 35.7. The second-order valence-electron chi connectivity index (χ2n) is 14.7. The fraction of sp³-hybridized carbons (Fsp3) is 0.778. The van der Waals surface area contributed by atoms with Crippen molar-refractivity contribution in [3.63, 3.8) is 0 Å². The molecule has 1 saturated carbocycles. The summed E-state index contributed by atoms with van der Waals surface area (Å²) in [6.07, 6.45) is -4.54. The quantitative estimate of drug-likeness (QED) is 0.176. The van der Waals surface area contributed by atoms with Crippen LogP contribution < -0.4 is 0 Å². The molecule has 4 aliphatic rings. The van der Waals surface area contributed by atoms with E-state index >= 15 is 0 Å². The maximum atomic E-state index is 12.3. The van der Waals surface area contributed by atoms with Crippen molar-refractivity contribution in [3.8, 4) is 0 Å². The van der Waals surface area contributed by atoms with Crippen LogP contribution in [0.3, 0.4) is 0 Å². The normalized spacial score (nSPS) is 40.2. The van der Waals surface area contributed by atoms with Gasteiger partial charge in [0.05, 0.1) is 37.6 Å². The minimum absolute atomic E-state index is 0.0190. The maximum absolute atomic E-state index is 12.3. The van der Waals surface area contributed by atoms with Gasteiger partial charge in [-0.3, -0.25) is 9.59 Å². The van der Waals surface area contributed by atoms with Crippen molar-refractivity contribution < 1.29 is 58.4 Å². The number of hydrogen-bond acceptors (Lipinski definition) is 12. The molecule has 1 heterocycles. The lowest BCUT2D eigenvalue weighted by Gasteiger charge is -2.47. The lowest BCUT2D eigenvalue weighted by molar-refractivity contribution is -0.320. The number of ether oxygens (including phenoxy) is 6. The van der Waals surface area contributed by atoms with E-state index in [0.29, 0.717) is 12.2 Å². The number of aliphatic hydroxyl groups is 4. The summed E-state index contributed by atoms with van der Waals surface area (Å²) in [5.74, 6) is -1.70. The molecule has 48 heavy (non-hydrogen) atoms. The molecule has 0 spiro atoms. The van der Waals surface area contributed by atoms with Crippen molar-refractivity contribution in [2.24, 2.45) is 29.1 Å². The predicted octanol–water partition coefficient (Wildman–Crippen LogP) is 2.61. The summed E-state index contributed by atoms with van der Waals surface area (Å²) < 4.78 is 35.1. The number of rotatable bonds is 12. The smallest absolute Gasteiger partial charge is 0.303 e. The third-order valence-corrected chi connectivity index (χ3v) is 10.8. The van der Waals surface area contributed by atoms with Crippen molar-refractivity contribution in [1.82, 2.24) is 0 Å². The van der Waals surface area contributed by atoms with E-state index in [1.807, 2.05) is 20.8 Å². The molecule has 1 aliphatic heterocycles. The van der Waals surface area contributed by atoms with Crippen molar-refractivity contribution in [2.45, 2.75) is 122 Å². The molecule has 0 bridgehead atoms. The van der Waals surface area contributed by atoms with Gasteiger partial charge in [0.25, 0.3) is 0 Å². The highest BCUT2D eigenvalue weighted by molar-refractivity contribution is 5.66. The highest BCUT2D eigenvalue weighted by atomic mass is 16.7. The van der Waals surface area contributed by atoms with E-state index < -0.39 is 72.0 Å². The van der Waals surface area contributed by atoms with E-state index in [1.165, 1.54) is 13.8 Å². The maximum Gasteiger partial charge on any atom is 0.303 e. The monoisotopic (exact) mass is 680 g/mol. The van der Waals surface area contributed by atoms with Gasteiger partial charge in [0.1, 0.15) is 24.4 Å². The van der Waals surface area contributed by atoms with Gasteiger partial charge in [0, 0.05) is 38.2 Å². The van der Waals surface area contributed by atoms with Gasteiger partial charge in [-0.05, 0) is 57.4 Å². The van der Waals surface area contributed by atoms with Gasteiger partial charge in [-0.1, -0.05) is 37.1 Å². The second kappa shape index (κ2) is 15.4. The van der Waals surface area contributed by atoms with E-state index in [1.54, 1.807) is 27.0 Å². The third kappa shape index (κ3) is 7.91. The van der Waals surface area contributed by atoms with Crippen LogP contribution in [0.5, 0.6) is 0 Å². The van der Waals surface area contributed by atoms with Crippen molar-refractivity contribution in [1.29, 1.82) is 0 Å². The van der Waals surface area contributed by atoms with Crippen molar-refractivity contribution in [3.05, 3.63) is 35.5 Å². The Hall–Kier alpha value is -2.16. The Bertz CT molecular complexity index is 1240. The Morgan fingerprint density at radius 1 is 1.10 bits per heavy atom. The second-order valence-corrected chi connectivity index (χ2v) is 14.7. The third-order valence-electron chi connectivity index (χ3n) is 10.8. The fourth-order valence-corrected chi connectivity index (χ4v) is 7.88. The molecule has 13 atom stereocenters. The van der Waals surface area contributed by atoms with Gasteiger partial charge in [-0.25, -0.2) is 0 Å². The first-order chi connectivity index (χ1) is 22.4. The number of carbonyl (C=O) groups excluding carboxylic acids is 2. The first-order valence-electron chi connectivity index (χ1n) is 17.0. The van der Waals surface area contributed by atoms with Gasteiger partial charge in [0.2, 0.25) is 0 Å². The minimum Gasteiger partial charge on any atom is -0.465 e. The lowest BCUT2D eigenvalue weighted by Crippen LogP contribution is -2.62. The molecule has 3 aliphatic carbocycles. The Kier molecular flexibility index (Phi) is 12.4. The predicted molar refractivity (Wildman–Crippen MR) is 174 cm³/mol. The molecule has 1 saturated heterocycles. The molecular formula is C36H56O12. The van der Waals surface area contributed by atoms with Crippen LogP contribution in [0.25, 0.3) is 0 Å². The molecule has 0 aromatic heterocycles. The van der Waals surface area contributed by atoms with Crippen molar-refractivity contribution in [2.75, 3.05) is 26.9 Å². The molecule has 0 aromatic carbocycles. The van der Waals surface area contributed by atoms with E-state index in [4.69, 9.17) is 28.4 Å². The van der Waals surface area contributed by atoms with Gasteiger partial charge in [0.15, 0.2) is 12.4 Å². The first-order valence-corrected chi connectivity index (χ1v) is 17.0. The average molecular weight is 681 g/mol. The highest BCUT2D eigenvalue weighted by Crippen LogP contribution is 2.56. The number of methoxy groups -OCH3 is 1. The Balaban J connectivity index is 1.82. The SMILES string of the molecule is C=CC(C)(C)OC[C@@H]1O[C@H](O[C@H]2C3=C([C@H](C)COC(C)=O)C[C@@H](O)[C@]3(C)/C=C3/[C@H](COC)CC[C@@H]3[C@@H](C)[C@@H]2O)[C@@H](O)[C@H](OC(C)=O)[C@H]1O. The van der Waals surface area contributed by atoms with E-state index in [9.17, 15) is 30.0 Å². The summed E-state index contributed by atoms with van der Waals surface area (Å²) in [5, 5.41) is 46.7. The van der Waals surface area contributed by atoms with Crippen LogP contribution in [0.15, 0.2) is 35.5 Å². The molecule has 0 radical (unpaired) electrons. The number of esters is 2. The highest BCUT2D eigenvalue weighted by Gasteiger charge is 2.56. The van der Waals surface area contributed by atoms with Crippen molar-refractivity contribution >= 4 is 11.9 Å². The summed E-state index contributed by atoms with van der Waals surface area (Å²) in [6.45, 7) is 16.0. The average Bonchev–Trinajstić information content (AvgIpc) is 3.52. The Labute approximate surface area is 284 Å². The van der Waals surface area contributed by atoms with Crippen LogP contribution in [-0.4, -0.2) is 114 Å². The molecule has 2 fully saturated rings. The van der Waals surface area contributed by atoms with Gasteiger partial charge < -0.3 is 48.8 Å². The van der Waals surface area contributed by atoms with E-state index in [2.05, 4.69) is 12.7 Å². The zero-order valence-electron chi connectivity index (χ0n) is 29.6. The Morgan fingerprint density at radius 2 is 1.79 bits per heavy atom. The molecule has 12 nitrogen and oxygen atoms in total. The molecule has 4 rings (SSSR count). The molecule has 0 aromatic rings. The summed E-state index contributed by atoms with van der Waals surface area (Å²) in [5.41, 5.74) is 0.746. The zero-order valence-corrected chi connectivity index (χ0v) is 29.6. The summed E-state index contributed by atoms with van der Waals surface area (Å²) in [4.78, 5) is 23.8. The fourth-order valence-electron chi connectivity index (χ4n) is 7.88. The number of fused-ring (bicyclic) bond motifs is 2. The number of hydrogen-bond donors (Lipinski definition) is 4. The molecule has 0 amide bonds. The molecular weight excluding hydrogens is 624 g/mol. The van der Waals surface area contributed by atoms with Crippen LogP contribution >= 0.6 is 0 Å². The molecule has 272 valence electrons. The van der Waals surface area contributed by atoms with Gasteiger partial charge in [-0.15, -0.1) is 6.58 Å². The van der Waals surface area contributed by atoms with Gasteiger partial charge >= 0.3 is 11.9 Å². The minimum atomic E-state index is -1.63. The number of aliphatic hydroxyl groups excluding tert-OH is 4. The summed E-state index contributed by atoms with van der Waals surface area (Å²) >= 11 is 0. The van der Waals surface area contributed by atoms with Crippen LogP contribution in [0, 0.1) is 29.1 Å². The van der Waals surface area contributed by atoms with E-state index in [0.717, 1.165) is 24.0 Å². The van der Waals surface area contributed by atoms with Crippen LogP contribution in [0.2, 0.25) is 0 Å².